The number of hydrogen-bond donors (Lipinski definition) is 0. The lowest BCUT2D eigenvalue weighted by atomic mass is 10.2. The van der Waals surface area contributed by atoms with Crippen molar-refractivity contribution >= 4 is 43.3 Å². The molecule has 6 heteroatoms. The normalized spacial score (nSPS) is 10.8. The average molecular weight is 321 g/mol. The first-order valence-corrected chi connectivity index (χ1v) is 6.40. The number of rotatable bonds is 2. The van der Waals surface area contributed by atoms with Gasteiger partial charge in [-0.25, -0.2) is 13.6 Å². The number of carbonyl (C=O) groups is 1. The van der Waals surface area contributed by atoms with Gasteiger partial charge in [0.1, 0.15) is 4.88 Å². The lowest BCUT2D eigenvalue weighted by Crippen LogP contribution is -2.02. The minimum atomic E-state index is -0.941. The van der Waals surface area contributed by atoms with Crippen LogP contribution < -0.4 is 0 Å². The minimum Gasteiger partial charge on any atom is -0.462 e. The molecule has 0 N–H and O–H groups in total. The molecule has 0 saturated heterocycles. The molecule has 1 aromatic heterocycles. The Morgan fingerprint density at radius 2 is 2.18 bits per heavy atom. The first-order valence-electron chi connectivity index (χ1n) is 4.79. The third-order valence-corrected chi connectivity index (χ3v) is 4.42. The molecule has 2 nitrogen and oxygen atoms in total. The van der Waals surface area contributed by atoms with Crippen molar-refractivity contribution < 1.29 is 18.3 Å². The van der Waals surface area contributed by atoms with Gasteiger partial charge in [0.15, 0.2) is 11.6 Å². The van der Waals surface area contributed by atoms with Crippen LogP contribution in [0.1, 0.15) is 16.6 Å². The zero-order valence-electron chi connectivity index (χ0n) is 8.72. The number of fused-ring (bicyclic) bond motifs is 1. The van der Waals surface area contributed by atoms with E-state index in [1.807, 2.05) is 0 Å². The Labute approximate surface area is 108 Å². The Morgan fingerprint density at radius 3 is 2.82 bits per heavy atom. The van der Waals surface area contributed by atoms with E-state index in [-0.39, 0.29) is 16.2 Å². The van der Waals surface area contributed by atoms with Crippen molar-refractivity contribution in [3.63, 3.8) is 0 Å². The Morgan fingerprint density at radius 1 is 1.47 bits per heavy atom. The predicted molar refractivity (Wildman–Crippen MR) is 65.4 cm³/mol. The molecule has 17 heavy (non-hydrogen) atoms. The summed E-state index contributed by atoms with van der Waals surface area (Å²) in [4.78, 5) is 11.8. The SMILES string of the molecule is CCOC(=O)c1sc2c(F)c(F)ccc2c1Br. The van der Waals surface area contributed by atoms with Gasteiger partial charge in [-0.2, -0.15) is 0 Å². The van der Waals surface area contributed by atoms with Gasteiger partial charge in [-0.15, -0.1) is 11.3 Å². The van der Waals surface area contributed by atoms with E-state index in [1.165, 1.54) is 6.07 Å². The first-order chi connectivity index (χ1) is 8.06. The summed E-state index contributed by atoms with van der Waals surface area (Å²) >= 11 is 4.08. The van der Waals surface area contributed by atoms with E-state index in [0.29, 0.717) is 9.86 Å². The van der Waals surface area contributed by atoms with Crippen molar-refractivity contribution in [2.45, 2.75) is 6.92 Å². The molecule has 0 aliphatic heterocycles. The van der Waals surface area contributed by atoms with E-state index < -0.39 is 17.6 Å². The molecule has 0 bridgehead atoms. The summed E-state index contributed by atoms with van der Waals surface area (Å²) in [7, 11) is 0. The highest BCUT2D eigenvalue weighted by Gasteiger charge is 2.21. The largest absolute Gasteiger partial charge is 0.462 e. The third-order valence-electron chi connectivity index (χ3n) is 2.15. The Balaban J connectivity index is 2.64. The summed E-state index contributed by atoms with van der Waals surface area (Å²) in [6.45, 7) is 1.91. The fourth-order valence-electron chi connectivity index (χ4n) is 1.40. The van der Waals surface area contributed by atoms with E-state index >= 15 is 0 Å². The van der Waals surface area contributed by atoms with Gasteiger partial charge in [0, 0.05) is 5.39 Å². The maximum Gasteiger partial charge on any atom is 0.349 e. The highest BCUT2D eigenvalue weighted by molar-refractivity contribution is 9.10. The van der Waals surface area contributed by atoms with Crippen molar-refractivity contribution in [1.82, 2.24) is 0 Å². The zero-order chi connectivity index (χ0) is 12.6. The van der Waals surface area contributed by atoms with Crippen molar-refractivity contribution in [1.29, 1.82) is 0 Å². The number of carbonyl (C=O) groups excluding carboxylic acids is 1. The standard InChI is InChI=1S/C11H7BrF2O2S/c1-2-16-11(15)10-7(12)5-3-4-6(13)8(14)9(5)17-10/h3-4H,2H2,1H3. The molecule has 90 valence electrons. The number of halogens is 3. The minimum absolute atomic E-state index is 0.111. The number of esters is 1. The van der Waals surface area contributed by atoms with Crippen LogP contribution in [-0.4, -0.2) is 12.6 Å². The number of benzene rings is 1. The van der Waals surface area contributed by atoms with Crippen LogP contribution in [0.2, 0.25) is 0 Å². The summed E-state index contributed by atoms with van der Waals surface area (Å²) < 4.78 is 31.9. The highest BCUT2D eigenvalue weighted by Crippen LogP contribution is 2.38. The van der Waals surface area contributed by atoms with Crippen LogP contribution >= 0.6 is 27.3 Å². The van der Waals surface area contributed by atoms with Crippen LogP contribution in [0, 0.1) is 11.6 Å². The maximum atomic E-state index is 13.5. The Hall–Kier alpha value is -1.01. The second-order valence-electron chi connectivity index (χ2n) is 3.20. The maximum absolute atomic E-state index is 13.5. The van der Waals surface area contributed by atoms with Gasteiger partial charge in [0.05, 0.1) is 15.8 Å². The van der Waals surface area contributed by atoms with E-state index in [0.717, 1.165) is 17.4 Å². The van der Waals surface area contributed by atoms with Crippen LogP contribution in [0.3, 0.4) is 0 Å². The molecule has 1 aromatic carbocycles. The molecule has 0 unspecified atom stereocenters. The lowest BCUT2D eigenvalue weighted by molar-refractivity contribution is 0.0531. The van der Waals surface area contributed by atoms with Gasteiger partial charge in [0.25, 0.3) is 0 Å². The number of thiophene rings is 1. The molecule has 2 aromatic rings. The summed E-state index contributed by atoms with van der Waals surface area (Å²) in [5, 5.41) is 0.469. The molecule has 0 radical (unpaired) electrons. The predicted octanol–water partition coefficient (Wildman–Crippen LogP) is 4.12. The average Bonchev–Trinajstić information content (AvgIpc) is 2.63. The van der Waals surface area contributed by atoms with Crippen molar-refractivity contribution in [3.8, 4) is 0 Å². The lowest BCUT2D eigenvalue weighted by Gasteiger charge is -1.98. The molecule has 0 spiro atoms. The Bertz CT molecular complexity index is 595. The molecular weight excluding hydrogens is 314 g/mol. The Kier molecular flexibility index (Phi) is 3.44. The van der Waals surface area contributed by atoms with Gasteiger partial charge >= 0.3 is 5.97 Å². The van der Waals surface area contributed by atoms with E-state index in [1.54, 1.807) is 6.92 Å². The van der Waals surface area contributed by atoms with Crippen LogP contribution in [-0.2, 0) is 4.74 Å². The summed E-state index contributed by atoms with van der Waals surface area (Å²) in [6.07, 6.45) is 0. The molecule has 1 heterocycles. The summed E-state index contributed by atoms with van der Waals surface area (Å²) in [5.41, 5.74) is 0. The molecule has 2 rings (SSSR count). The van der Waals surface area contributed by atoms with E-state index in [9.17, 15) is 13.6 Å². The molecule has 0 fully saturated rings. The molecule has 0 amide bonds. The quantitative estimate of drug-likeness (QED) is 0.778. The van der Waals surface area contributed by atoms with E-state index in [2.05, 4.69) is 15.9 Å². The van der Waals surface area contributed by atoms with Crippen LogP contribution in [0.4, 0.5) is 8.78 Å². The van der Waals surface area contributed by atoms with Crippen molar-refractivity contribution in [2.75, 3.05) is 6.61 Å². The highest BCUT2D eigenvalue weighted by atomic mass is 79.9. The smallest absolute Gasteiger partial charge is 0.349 e. The molecule has 0 saturated carbocycles. The topological polar surface area (TPSA) is 26.3 Å². The third kappa shape index (κ3) is 2.07. The molecular formula is C11H7BrF2O2S. The van der Waals surface area contributed by atoms with Crippen molar-refractivity contribution in [3.05, 3.63) is 33.1 Å². The van der Waals surface area contributed by atoms with Gasteiger partial charge in [-0.05, 0) is 35.0 Å². The molecule has 0 aliphatic carbocycles. The first kappa shape index (κ1) is 12.4. The fourth-order valence-corrected chi connectivity index (χ4v) is 3.28. The van der Waals surface area contributed by atoms with Gasteiger partial charge in [-0.3, -0.25) is 0 Å². The van der Waals surface area contributed by atoms with Crippen LogP contribution in [0.15, 0.2) is 16.6 Å². The van der Waals surface area contributed by atoms with Crippen LogP contribution in [0.5, 0.6) is 0 Å². The zero-order valence-corrected chi connectivity index (χ0v) is 11.1. The summed E-state index contributed by atoms with van der Waals surface area (Å²) in [6, 6.07) is 2.46. The van der Waals surface area contributed by atoms with Crippen molar-refractivity contribution in [2.24, 2.45) is 0 Å². The second-order valence-corrected chi connectivity index (χ2v) is 5.02. The fraction of sp³-hybridized carbons (Fsp3) is 0.182. The van der Waals surface area contributed by atoms with Gasteiger partial charge in [0.2, 0.25) is 0 Å². The van der Waals surface area contributed by atoms with Gasteiger partial charge in [-0.1, -0.05) is 0 Å². The number of hydrogen-bond acceptors (Lipinski definition) is 3. The van der Waals surface area contributed by atoms with E-state index in [4.69, 9.17) is 4.74 Å². The molecule has 0 atom stereocenters. The van der Waals surface area contributed by atoms with Gasteiger partial charge < -0.3 is 4.74 Å². The molecule has 0 aliphatic rings. The monoisotopic (exact) mass is 320 g/mol. The second kappa shape index (κ2) is 4.70. The van der Waals surface area contributed by atoms with Crippen LogP contribution in [0.25, 0.3) is 10.1 Å². The summed E-state index contributed by atoms with van der Waals surface area (Å²) in [5.74, 6) is -2.41. The number of ether oxygens (including phenoxy) is 1.